The topological polar surface area (TPSA) is 126 Å². The molecule has 10 heteroatoms. The first-order valence-corrected chi connectivity index (χ1v) is 14.7. The number of benzene rings is 1. The standard InChI is InChI=1S/C31H48N4O6/c1-21(2)19-27(29(37)33-35(20-22(3)4)31(39)23(5)32-24(6)36)26(16-12-15-25-13-8-7-9-14-25)30(38)34-41-28-17-10-11-18-40-28/h7-9,12-15,21-23,26-28H,10-11,16-20H2,1-6H3,(H,32,36)(H,33,37)(H,34,38)/b15-12+/t23-,26-,27+,28?/m0/s1. The van der Waals surface area contributed by atoms with E-state index in [0.29, 0.717) is 19.4 Å². The van der Waals surface area contributed by atoms with Crippen molar-refractivity contribution in [2.24, 2.45) is 23.7 Å². The van der Waals surface area contributed by atoms with Gasteiger partial charge >= 0.3 is 0 Å². The van der Waals surface area contributed by atoms with Crippen molar-refractivity contribution in [1.29, 1.82) is 0 Å². The van der Waals surface area contributed by atoms with Gasteiger partial charge < -0.3 is 10.1 Å². The maximum atomic E-state index is 13.8. The molecule has 1 aliphatic heterocycles. The monoisotopic (exact) mass is 572 g/mol. The second-order valence-corrected chi connectivity index (χ2v) is 11.5. The van der Waals surface area contributed by atoms with Crippen LogP contribution in [-0.2, 0) is 28.8 Å². The Balaban J connectivity index is 2.30. The predicted molar refractivity (Wildman–Crippen MR) is 157 cm³/mol. The van der Waals surface area contributed by atoms with Gasteiger partial charge in [0, 0.05) is 26.5 Å². The fourth-order valence-electron chi connectivity index (χ4n) is 4.71. The lowest BCUT2D eigenvalue weighted by molar-refractivity contribution is -0.203. The number of nitrogens with zero attached hydrogens (tertiary/aromatic N) is 1. The zero-order chi connectivity index (χ0) is 30.4. The van der Waals surface area contributed by atoms with E-state index < -0.39 is 41.9 Å². The maximum absolute atomic E-state index is 13.8. The van der Waals surface area contributed by atoms with Crippen molar-refractivity contribution in [3.05, 3.63) is 42.0 Å². The SMILES string of the molecule is CC(=O)N[C@@H](C)C(=O)N(CC(C)C)NC(=O)[C@H](CC(C)C)[C@H](C/C=C/c1ccccc1)C(=O)NOC1CCCCO1. The molecule has 1 fully saturated rings. The van der Waals surface area contributed by atoms with Gasteiger partial charge in [0.15, 0.2) is 6.29 Å². The van der Waals surface area contributed by atoms with E-state index in [1.165, 1.54) is 11.9 Å². The smallest absolute Gasteiger partial charge is 0.263 e. The number of hydroxylamine groups is 1. The van der Waals surface area contributed by atoms with Gasteiger partial charge in [-0.1, -0.05) is 70.2 Å². The minimum atomic E-state index is -0.827. The van der Waals surface area contributed by atoms with E-state index in [2.05, 4.69) is 16.2 Å². The molecule has 1 saturated heterocycles. The molecular weight excluding hydrogens is 524 g/mol. The summed E-state index contributed by atoms with van der Waals surface area (Å²) in [7, 11) is 0. The Labute approximate surface area is 244 Å². The summed E-state index contributed by atoms with van der Waals surface area (Å²) in [6.45, 7) is 11.5. The molecule has 4 atom stereocenters. The van der Waals surface area contributed by atoms with Crippen molar-refractivity contribution >= 4 is 29.7 Å². The van der Waals surface area contributed by atoms with E-state index in [4.69, 9.17) is 9.57 Å². The summed E-state index contributed by atoms with van der Waals surface area (Å²) in [5, 5.41) is 3.83. The Kier molecular flexibility index (Phi) is 14.5. The van der Waals surface area contributed by atoms with Gasteiger partial charge in [0.05, 0.1) is 11.8 Å². The lowest BCUT2D eigenvalue weighted by Crippen LogP contribution is -2.56. The number of carbonyl (C=O) groups is 4. The second kappa shape index (κ2) is 17.5. The molecule has 0 aliphatic carbocycles. The summed E-state index contributed by atoms with van der Waals surface area (Å²) in [6, 6.07) is 8.88. The highest BCUT2D eigenvalue weighted by atomic mass is 16.8. The van der Waals surface area contributed by atoms with Crippen molar-refractivity contribution in [2.75, 3.05) is 13.2 Å². The molecule has 1 aromatic carbocycles. The number of hydrogen-bond acceptors (Lipinski definition) is 6. The van der Waals surface area contributed by atoms with E-state index in [0.717, 1.165) is 18.4 Å². The van der Waals surface area contributed by atoms with E-state index in [1.54, 1.807) is 6.92 Å². The second-order valence-electron chi connectivity index (χ2n) is 11.5. The maximum Gasteiger partial charge on any atom is 0.263 e. The molecule has 10 nitrogen and oxygen atoms in total. The molecule has 0 bridgehead atoms. The Morgan fingerprint density at radius 2 is 1.71 bits per heavy atom. The molecule has 0 spiro atoms. The fourth-order valence-corrected chi connectivity index (χ4v) is 4.71. The number of amides is 4. The van der Waals surface area contributed by atoms with Crippen molar-refractivity contribution in [3.8, 4) is 0 Å². The Morgan fingerprint density at radius 3 is 2.29 bits per heavy atom. The van der Waals surface area contributed by atoms with Crippen LogP contribution in [0.3, 0.4) is 0 Å². The minimum absolute atomic E-state index is 0.0455. The van der Waals surface area contributed by atoms with Gasteiger partial charge in [-0.25, -0.2) is 10.3 Å². The van der Waals surface area contributed by atoms with Gasteiger partial charge in [-0.3, -0.25) is 29.6 Å². The summed E-state index contributed by atoms with van der Waals surface area (Å²) in [5.74, 6) is -3.04. The van der Waals surface area contributed by atoms with Crippen LogP contribution >= 0.6 is 0 Å². The van der Waals surface area contributed by atoms with Gasteiger partial charge in [0.2, 0.25) is 17.7 Å². The number of nitrogens with one attached hydrogen (secondary N) is 3. The normalized spacial score (nSPS) is 17.6. The molecule has 2 rings (SSSR count). The number of hydrazine groups is 1. The van der Waals surface area contributed by atoms with E-state index >= 15 is 0 Å². The van der Waals surface area contributed by atoms with Crippen LogP contribution in [0.4, 0.5) is 0 Å². The minimum Gasteiger partial charge on any atom is -0.350 e. The van der Waals surface area contributed by atoms with Crippen molar-refractivity contribution < 1.29 is 28.8 Å². The average Bonchev–Trinajstić information content (AvgIpc) is 2.92. The molecule has 0 saturated carbocycles. The molecule has 228 valence electrons. The third-order valence-electron chi connectivity index (χ3n) is 6.66. The fraction of sp³-hybridized carbons (Fsp3) is 0.613. The summed E-state index contributed by atoms with van der Waals surface area (Å²) >= 11 is 0. The largest absolute Gasteiger partial charge is 0.350 e. The number of rotatable bonds is 14. The molecule has 1 aromatic rings. The lowest BCUT2D eigenvalue weighted by atomic mass is 9.82. The highest BCUT2D eigenvalue weighted by Gasteiger charge is 2.36. The summed E-state index contributed by atoms with van der Waals surface area (Å²) < 4.78 is 5.58. The van der Waals surface area contributed by atoms with Gasteiger partial charge in [-0.05, 0) is 50.0 Å². The molecule has 41 heavy (non-hydrogen) atoms. The highest BCUT2D eigenvalue weighted by molar-refractivity contribution is 5.91. The Morgan fingerprint density at radius 1 is 1.00 bits per heavy atom. The number of hydrogen-bond donors (Lipinski definition) is 3. The summed E-state index contributed by atoms with van der Waals surface area (Å²) in [6.07, 6.45) is 6.53. The van der Waals surface area contributed by atoms with Crippen molar-refractivity contribution in [2.45, 2.75) is 86.0 Å². The first-order valence-electron chi connectivity index (χ1n) is 14.7. The average molecular weight is 573 g/mol. The third kappa shape index (κ3) is 12.4. The van der Waals surface area contributed by atoms with E-state index in [9.17, 15) is 19.2 Å². The van der Waals surface area contributed by atoms with E-state index in [-0.39, 0.29) is 30.7 Å². The molecule has 0 aromatic heterocycles. The van der Waals surface area contributed by atoms with Crippen molar-refractivity contribution in [3.63, 3.8) is 0 Å². The van der Waals surface area contributed by atoms with E-state index in [1.807, 2.05) is 70.2 Å². The summed E-state index contributed by atoms with van der Waals surface area (Å²) in [5.41, 5.74) is 6.31. The molecule has 4 amide bonds. The van der Waals surface area contributed by atoms with Gasteiger partial charge in [0.1, 0.15) is 6.04 Å². The van der Waals surface area contributed by atoms with Crippen LogP contribution in [0, 0.1) is 23.7 Å². The predicted octanol–water partition coefficient (Wildman–Crippen LogP) is 3.98. The van der Waals surface area contributed by atoms with Gasteiger partial charge in [-0.2, -0.15) is 0 Å². The third-order valence-corrected chi connectivity index (χ3v) is 6.66. The molecule has 3 N–H and O–H groups in total. The molecule has 1 aliphatic rings. The first kappa shape index (κ1) is 34.0. The van der Waals surface area contributed by atoms with Crippen molar-refractivity contribution in [1.82, 2.24) is 21.2 Å². The molecule has 1 heterocycles. The van der Waals surface area contributed by atoms with Crippen LogP contribution in [0.5, 0.6) is 0 Å². The molecular formula is C31H48N4O6. The Hall–Kier alpha value is -3.24. The molecule has 0 radical (unpaired) electrons. The number of carbonyl (C=O) groups excluding carboxylic acids is 4. The van der Waals surface area contributed by atoms with Gasteiger partial charge in [-0.15, -0.1) is 0 Å². The quantitative estimate of drug-likeness (QED) is 0.290. The van der Waals surface area contributed by atoms with Crippen LogP contribution in [0.25, 0.3) is 6.08 Å². The Bertz CT molecular complexity index is 1010. The lowest BCUT2D eigenvalue weighted by Gasteiger charge is -2.32. The number of ether oxygens (including phenoxy) is 1. The van der Waals surface area contributed by atoms with Crippen LogP contribution < -0.4 is 16.2 Å². The zero-order valence-electron chi connectivity index (χ0n) is 25.4. The first-order chi connectivity index (χ1) is 19.5. The van der Waals surface area contributed by atoms with Crippen LogP contribution in [0.2, 0.25) is 0 Å². The van der Waals surface area contributed by atoms with Gasteiger partial charge in [0.25, 0.3) is 5.91 Å². The zero-order valence-corrected chi connectivity index (χ0v) is 25.4. The van der Waals surface area contributed by atoms with Crippen LogP contribution in [0.15, 0.2) is 36.4 Å². The van der Waals surface area contributed by atoms with Crippen LogP contribution in [0.1, 0.15) is 79.2 Å². The number of allylic oxidation sites excluding steroid dienone is 1. The molecule has 1 unspecified atom stereocenters. The summed E-state index contributed by atoms with van der Waals surface area (Å²) in [4.78, 5) is 57.7. The van der Waals surface area contributed by atoms with Crippen LogP contribution in [-0.4, -0.2) is 54.1 Å². The highest BCUT2D eigenvalue weighted by Crippen LogP contribution is 2.26.